The van der Waals surface area contributed by atoms with Crippen molar-refractivity contribution in [3.8, 4) is 0 Å². The van der Waals surface area contributed by atoms with Crippen molar-refractivity contribution < 1.29 is 4.79 Å². The van der Waals surface area contributed by atoms with Crippen LogP contribution in [0, 0.1) is 6.92 Å². The van der Waals surface area contributed by atoms with E-state index in [1.54, 1.807) is 0 Å². The highest BCUT2D eigenvalue weighted by atomic mass is 32.1. The molecule has 1 aromatic rings. The number of nitrogens with two attached hydrogens (primary N) is 1. The van der Waals surface area contributed by atoms with E-state index in [1.165, 1.54) is 0 Å². The van der Waals surface area contributed by atoms with E-state index in [0.717, 1.165) is 11.3 Å². The molecule has 4 heteroatoms. The van der Waals surface area contributed by atoms with E-state index in [4.69, 9.17) is 18.0 Å². The molecule has 0 aliphatic rings. The van der Waals surface area contributed by atoms with Gasteiger partial charge < -0.3 is 11.1 Å². The van der Waals surface area contributed by atoms with Gasteiger partial charge in [-0.25, -0.2) is 0 Å². The summed E-state index contributed by atoms with van der Waals surface area (Å²) in [6, 6.07) is 7.63. The first kappa shape index (κ1) is 11.7. The topological polar surface area (TPSA) is 55.1 Å². The number of aryl methyl sites for hydroxylation is 1. The Labute approximate surface area is 94.7 Å². The Balaban J connectivity index is 2.52. The quantitative estimate of drug-likeness (QED) is 0.766. The van der Waals surface area contributed by atoms with Crippen LogP contribution in [0.15, 0.2) is 24.3 Å². The van der Waals surface area contributed by atoms with Gasteiger partial charge in [0.1, 0.15) is 0 Å². The molecular formula is C11H14N2OS. The zero-order chi connectivity index (χ0) is 11.3. The van der Waals surface area contributed by atoms with Crippen LogP contribution in [0.2, 0.25) is 0 Å². The molecule has 1 aromatic carbocycles. The van der Waals surface area contributed by atoms with Crippen molar-refractivity contribution in [2.45, 2.75) is 19.8 Å². The minimum atomic E-state index is -0.0582. The first-order valence-electron chi connectivity index (χ1n) is 4.73. The lowest BCUT2D eigenvalue weighted by Crippen LogP contribution is -2.16. The van der Waals surface area contributed by atoms with Gasteiger partial charge in [0, 0.05) is 18.5 Å². The number of nitrogens with one attached hydrogen (secondary N) is 1. The van der Waals surface area contributed by atoms with Crippen LogP contribution >= 0.6 is 12.2 Å². The maximum atomic E-state index is 11.4. The Morgan fingerprint density at radius 2 is 2.07 bits per heavy atom. The standard InChI is InChI=1S/C11H14N2OS/c1-8-4-2-3-5-9(8)13-11(14)7-6-10(12)15/h2-5H,6-7H2,1H3,(H2,12,15)(H,13,14). The van der Waals surface area contributed by atoms with Crippen LogP contribution in [0.1, 0.15) is 18.4 Å². The Morgan fingerprint density at radius 1 is 1.40 bits per heavy atom. The molecule has 1 amide bonds. The van der Waals surface area contributed by atoms with Crippen molar-refractivity contribution in [1.82, 2.24) is 0 Å². The average molecular weight is 222 g/mol. The number of thiocarbonyl (C=S) groups is 1. The van der Waals surface area contributed by atoms with Crippen molar-refractivity contribution in [2.24, 2.45) is 5.73 Å². The third kappa shape index (κ3) is 4.08. The summed E-state index contributed by atoms with van der Waals surface area (Å²) >= 11 is 4.70. The molecule has 80 valence electrons. The second kappa shape index (κ2) is 5.46. The Morgan fingerprint density at radius 3 is 2.67 bits per heavy atom. The summed E-state index contributed by atoms with van der Waals surface area (Å²) in [6.07, 6.45) is 0.788. The molecule has 0 aliphatic heterocycles. The monoisotopic (exact) mass is 222 g/mol. The van der Waals surface area contributed by atoms with Crippen molar-refractivity contribution in [3.05, 3.63) is 29.8 Å². The summed E-state index contributed by atoms with van der Waals surface area (Å²) in [5, 5.41) is 2.81. The number of anilines is 1. The molecule has 0 radical (unpaired) electrons. The second-order valence-corrected chi connectivity index (χ2v) is 3.85. The fraction of sp³-hybridized carbons (Fsp3) is 0.273. The third-order valence-electron chi connectivity index (χ3n) is 2.02. The number of carbonyl (C=O) groups excluding carboxylic acids is 1. The second-order valence-electron chi connectivity index (χ2n) is 3.33. The van der Waals surface area contributed by atoms with Crippen LogP contribution in [0.25, 0.3) is 0 Å². The molecule has 0 saturated carbocycles. The largest absolute Gasteiger partial charge is 0.393 e. The van der Waals surface area contributed by atoms with Gasteiger partial charge >= 0.3 is 0 Å². The van der Waals surface area contributed by atoms with E-state index in [9.17, 15) is 4.79 Å². The molecule has 0 bridgehead atoms. The lowest BCUT2D eigenvalue weighted by Gasteiger charge is -2.07. The average Bonchev–Trinajstić information content (AvgIpc) is 2.18. The molecule has 0 atom stereocenters. The number of hydrogen-bond donors (Lipinski definition) is 2. The highest BCUT2D eigenvalue weighted by molar-refractivity contribution is 7.80. The molecule has 0 aromatic heterocycles. The summed E-state index contributed by atoms with van der Waals surface area (Å²) in [5.74, 6) is -0.0582. The predicted molar refractivity (Wildman–Crippen MR) is 65.8 cm³/mol. The Hall–Kier alpha value is -1.42. The SMILES string of the molecule is Cc1ccccc1NC(=O)CCC(N)=S. The summed E-state index contributed by atoms with van der Waals surface area (Å²) < 4.78 is 0. The lowest BCUT2D eigenvalue weighted by molar-refractivity contribution is -0.116. The Bertz CT molecular complexity index is 377. The summed E-state index contributed by atoms with van der Waals surface area (Å²) in [6.45, 7) is 1.95. The zero-order valence-corrected chi connectivity index (χ0v) is 9.43. The van der Waals surface area contributed by atoms with Crippen LogP contribution in [0.4, 0.5) is 5.69 Å². The summed E-state index contributed by atoms with van der Waals surface area (Å²) in [7, 11) is 0. The Kier molecular flexibility index (Phi) is 4.24. The number of rotatable bonds is 4. The summed E-state index contributed by atoms with van der Waals surface area (Å²) in [5.41, 5.74) is 7.20. The van der Waals surface area contributed by atoms with Gasteiger partial charge in [0.15, 0.2) is 0 Å². The molecular weight excluding hydrogens is 208 g/mol. The zero-order valence-electron chi connectivity index (χ0n) is 8.62. The van der Waals surface area contributed by atoms with Gasteiger partial charge in [0.2, 0.25) is 5.91 Å². The van der Waals surface area contributed by atoms with Crippen LogP contribution in [-0.2, 0) is 4.79 Å². The molecule has 0 unspecified atom stereocenters. The van der Waals surface area contributed by atoms with Crippen LogP contribution in [0.3, 0.4) is 0 Å². The molecule has 3 nitrogen and oxygen atoms in total. The van der Waals surface area contributed by atoms with Crippen LogP contribution in [0.5, 0.6) is 0 Å². The molecule has 3 N–H and O–H groups in total. The first-order valence-corrected chi connectivity index (χ1v) is 5.14. The molecule has 15 heavy (non-hydrogen) atoms. The first-order chi connectivity index (χ1) is 7.09. The fourth-order valence-electron chi connectivity index (χ4n) is 1.16. The number of carbonyl (C=O) groups is 1. The number of hydrogen-bond acceptors (Lipinski definition) is 2. The molecule has 1 rings (SSSR count). The van der Waals surface area contributed by atoms with E-state index in [2.05, 4.69) is 5.32 Å². The van der Waals surface area contributed by atoms with Crippen molar-refractivity contribution >= 4 is 28.8 Å². The highest BCUT2D eigenvalue weighted by Crippen LogP contribution is 2.13. The van der Waals surface area contributed by atoms with Gasteiger partial charge in [0.05, 0.1) is 4.99 Å². The maximum Gasteiger partial charge on any atom is 0.224 e. The summed E-state index contributed by atoms with van der Waals surface area (Å²) in [4.78, 5) is 11.8. The van der Waals surface area contributed by atoms with E-state index < -0.39 is 0 Å². The number of benzene rings is 1. The maximum absolute atomic E-state index is 11.4. The molecule has 0 aliphatic carbocycles. The van der Waals surface area contributed by atoms with Gasteiger partial charge in [-0.3, -0.25) is 4.79 Å². The third-order valence-corrected chi connectivity index (χ3v) is 2.22. The fourth-order valence-corrected chi connectivity index (χ4v) is 1.26. The van der Waals surface area contributed by atoms with E-state index in [1.807, 2.05) is 31.2 Å². The highest BCUT2D eigenvalue weighted by Gasteiger charge is 2.04. The van der Waals surface area contributed by atoms with Crippen molar-refractivity contribution in [3.63, 3.8) is 0 Å². The normalized spacial score (nSPS) is 9.67. The molecule has 0 saturated heterocycles. The van der Waals surface area contributed by atoms with Gasteiger partial charge in [-0.1, -0.05) is 30.4 Å². The minimum Gasteiger partial charge on any atom is -0.393 e. The molecule has 0 heterocycles. The molecule has 0 spiro atoms. The van der Waals surface area contributed by atoms with E-state index in [-0.39, 0.29) is 5.91 Å². The predicted octanol–water partition coefficient (Wildman–Crippen LogP) is 2.00. The van der Waals surface area contributed by atoms with Crippen molar-refractivity contribution in [2.75, 3.05) is 5.32 Å². The van der Waals surface area contributed by atoms with Gasteiger partial charge in [-0.05, 0) is 18.6 Å². The lowest BCUT2D eigenvalue weighted by atomic mass is 10.2. The van der Waals surface area contributed by atoms with Crippen LogP contribution < -0.4 is 11.1 Å². The number of amides is 1. The minimum absolute atomic E-state index is 0.0582. The van der Waals surface area contributed by atoms with Gasteiger partial charge in [-0.15, -0.1) is 0 Å². The van der Waals surface area contributed by atoms with Gasteiger partial charge in [0.25, 0.3) is 0 Å². The van der Waals surface area contributed by atoms with Gasteiger partial charge in [-0.2, -0.15) is 0 Å². The van der Waals surface area contributed by atoms with E-state index >= 15 is 0 Å². The van der Waals surface area contributed by atoms with E-state index in [0.29, 0.717) is 17.8 Å². The molecule has 0 fully saturated rings. The number of para-hydroxylation sites is 1. The van der Waals surface area contributed by atoms with Crippen LogP contribution in [-0.4, -0.2) is 10.9 Å². The van der Waals surface area contributed by atoms with Crippen molar-refractivity contribution in [1.29, 1.82) is 0 Å². The smallest absolute Gasteiger partial charge is 0.224 e.